The number of fused-ring (bicyclic) bond motifs is 1. The standard InChI is InChI=1S/C24H28N4O3S/c1-3-14-27(2)15-4-5-17-31-23-12-13-24-21(18-23)7-6-16-28(24)32(29,30)26-22-10-8-20(19-25)9-11-22/h3-5,8-13,18,26H,1,6-7,14-17H2,2H3. The molecule has 0 spiro atoms. The first-order valence-electron chi connectivity index (χ1n) is 10.4. The van der Waals surface area contributed by atoms with Gasteiger partial charge in [0.2, 0.25) is 0 Å². The van der Waals surface area contributed by atoms with Gasteiger partial charge in [-0.2, -0.15) is 13.7 Å². The van der Waals surface area contributed by atoms with Gasteiger partial charge >= 0.3 is 10.2 Å². The first-order valence-corrected chi connectivity index (χ1v) is 11.9. The number of hydrogen-bond acceptors (Lipinski definition) is 5. The Bertz CT molecular complexity index is 1110. The lowest BCUT2D eigenvalue weighted by Crippen LogP contribution is -2.39. The second-order valence-electron chi connectivity index (χ2n) is 7.55. The zero-order valence-electron chi connectivity index (χ0n) is 18.2. The van der Waals surface area contributed by atoms with Crippen molar-refractivity contribution < 1.29 is 13.2 Å². The molecule has 1 N–H and O–H groups in total. The summed E-state index contributed by atoms with van der Waals surface area (Å²) in [7, 11) is -1.76. The van der Waals surface area contributed by atoms with Gasteiger partial charge in [0, 0.05) is 19.6 Å². The maximum Gasteiger partial charge on any atom is 0.323 e. The number of aryl methyl sites for hydroxylation is 1. The lowest BCUT2D eigenvalue weighted by Gasteiger charge is -2.30. The second kappa shape index (κ2) is 10.8. The molecule has 168 valence electrons. The lowest BCUT2D eigenvalue weighted by molar-refractivity contribution is 0.360. The number of likely N-dealkylation sites (N-methyl/N-ethyl adjacent to an activating group) is 1. The third kappa shape index (κ3) is 6.13. The average molecular weight is 453 g/mol. The predicted octanol–water partition coefficient (Wildman–Crippen LogP) is 3.72. The first-order chi connectivity index (χ1) is 15.4. The van der Waals surface area contributed by atoms with E-state index < -0.39 is 10.2 Å². The highest BCUT2D eigenvalue weighted by molar-refractivity contribution is 7.94. The Morgan fingerprint density at radius 1 is 1.22 bits per heavy atom. The number of nitrogens with one attached hydrogen (secondary N) is 1. The Hall–Kier alpha value is -3.28. The number of nitriles is 1. The number of nitrogens with zero attached hydrogens (tertiary/aromatic N) is 3. The number of benzene rings is 2. The smallest absolute Gasteiger partial charge is 0.323 e. The molecule has 0 bridgehead atoms. The summed E-state index contributed by atoms with van der Waals surface area (Å²) >= 11 is 0. The minimum absolute atomic E-state index is 0.403. The van der Waals surface area contributed by atoms with Crippen molar-refractivity contribution in [3.8, 4) is 11.8 Å². The minimum atomic E-state index is -3.78. The highest BCUT2D eigenvalue weighted by Crippen LogP contribution is 2.32. The fourth-order valence-electron chi connectivity index (χ4n) is 3.46. The van der Waals surface area contributed by atoms with Crippen molar-refractivity contribution in [1.29, 1.82) is 5.26 Å². The number of hydrogen-bond donors (Lipinski definition) is 1. The number of ether oxygens (including phenoxy) is 1. The van der Waals surface area contributed by atoms with E-state index in [1.165, 1.54) is 4.31 Å². The Kier molecular flexibility index (Phi) is 7.92. The van der Waals surface area contributed by atoms with Crippen LogP contribution in [0.15, 0.2) is 67.3 Å². The fourth-order valence-corrected chi connectivity index (χ4v) is 4.81. The van der Waals surface area contributed by atoms with Crippen molar-refractivity contribution in [2.24, 2.45) is 0 Å². The Morgan fingerprint density at radius 2 is 2.00 bits per heavy atom. The molecule has 1 heterocycles. The summed E-state index contributed by atoms with van der Waals surface area (Å²) in [5.41, 5.74) is 2.49. The third-order valence-corrected chi connectivity index (χ3v) is 6.50. The molecule has 7 nitrogen and oxygen atoms in total. The van der Waals surface area contributed by atoms with Gasteiger partial charge in [-0.05, 0) is 67.9 Å². The fraction of sp³-hybridized carbons (Fsp3) is 0.292. The topological polar surface area (TPSA) is 85.7 Å². The van der Waals surface area contributed by atoms with Crippen LogP contribution in [0.2, 0.25) is 0 Å². The van der Waals surface area contributed by atoms with Crippen molar-refractivity contribution in [3.05, 3.63) is 78.4 Å². The quantitative estimate of drug-likeness (QED) is 0.556. The Morgan fingerprint density at radius 3 is 2.72 bits per heavy atom. The van der Waals surface area contributed by atoms with E-state index >= 15 is 0 Å². The Labute approximate surface area is 190 Å². The molecule has 0 saturated heterocycles. The molecular weight excluding hydrogens is 424 g/mol. The van der Waals surface area contributed by atoms with Gasteiger partial charge in [-0.1, -0.05) is 18.2 Å². The molecule has 0 radical (unpaired) electrons. The van der Waals surface area contributed by atoms with Crippen LogP contribution in [0, 0.1) is 11.3 Å². The summed E-state index contributed by atoms with van der Waals surface area (Å²) in [6.45, 7) is 6.22. The monoisotopic (exact) mass is 452 g/mol. The molecule has 0 saturated carbocycles. The van der Waals surface area contributed by atoms with E-state index in [9.17, 15) is 8.42 Å². The summed E-state index contributed by atoms with van der Waals surface area (Å²) in [6, 6.07) is 13.9. The van der Waals surface area contributed by atoms with E-state index in [0.717, 1.165) is 31.5 Å². The summed E-state index contributed by atoms with van der Waals surface area (Å²) < 4.78 is 35.8. The van der Waals surface area contributed by atoms with E-state index in [2.05, 4.69) is 16.2 Å². The molecule has 0 atom stereocenters. The SMILES string of the molecule is C=CCN(C)CC=CCOc1ccc2c(c1)CCCN2S(=O)(=O)Nc1ccc(C#N)cc1. The molecule has 0 fully saturated rings. The largest absolute Gasteiger partial charge is 0.490 e. The molecule has 0 aliphatic carbocycles. The van der Waals surface area contributed by atoms with E-state index in [-0.39, 0.29) is 0 Å². The summed E-state index contributed by atoms with van der Waals surface area (Å²) in [5.74, 6) is 0.715. The Balaban J connectivity index is 1.65. The molecule has 2 aromatic carbocycles. The molecule has 8 heteroatoms. The molecular formula is C24H28N4O3S. The maximum absolute atomic E-state index is 13.0. The molecule has 32 heavy (non-hydrogen) atoms. The molecule has 3 rings (SSSR count). The van der Waals surface area contributed by atoms with E-state index in [1.807, 2.05) is 37.4 Å². The zero-order valence-corrected chi connectivity index (χ0v) is 19.0. The molecule has 2 aromatic rings. The van der Waals surface area contributed by atoms with Gasteiger partial charge in [0.15, 0.2) is 0 Å². The third-order valence-electron chi connectivity index (χ3n) is 5.05. The van der Waals surface area contributed by atoms with Crippen molar-refractivity contribution in [3.63, 3.8) is 0 Å². The highest BCUT2D eigenvalue weighted by Gasteiger charge is 2.27. The number of anilines is 2. The van der Waals surface area contributed by atoms with Gasteiger partial charge in [0.1, 0.15) is 12.4 Å². The summed E-state index contributed by atoms with van der Waals surface area (Å²) in [6.07, 6.45) is 7.39. The van der Waals surface area contributed by atoms with Crippen LogP contribution < -0.4 is 13.8 Å². The normalized spacial score (nSPS) is 13.6. The average Bonchev–Trinajstić information content (AvgIpc) is 2.78. The minimum Gasteiger partial charge on any atom is -0.490 e. The zero-order chi connectivity index (χ0) is 23.0. The van der Waals surface area contributed by atoms with Crippen molar-refractivity contribution >= 4 is 21.6 Å². The van der Waals surface area contributed by atoms with E-state index in [0.29, 0.717) is 35.8 Å². The van der Waals surface area contributed by atoms with Crippen molar-refractivity contribution in [2.45, 2.75) is 12.8 Å². The van der Waals surface area contributed by atoms with Crippen LogP contribution in [0.5, 0.6) is 5.75 Å². The van der Waals surface area contributed by atoms with Crippen LogP contribution in [0.25, 0.3) is 0 Å². The van der Waals surface area contributed by atoms with Crippen LogP contribution in [-0.2, 0) is 16.6 Å². The lowest BCUT2D eigenvalue weighted by atomic mass is 10.0. The summed E-state index contributed by atoms with van der Waals surface area (Å²) in [4.78, 5) is 2.13. The van der Waals surface area contributed by atoms with E-state index in [1.54, 1.807) is 36.4 Å². The highest BCUT2D eigenvalue weighted by atomic mass is 32.2. The molecule has 1 aliphatic heterocycles. The van der Waals surface area contributed by atoms with Crippen LogP contribution >= 0.6 is 0 Å². The first kappa shape index (κ1) is 23.4. The van der Waals surface area contributed by atoms with Crippen LogP contribution in [0.4, 0.5) is 11.4 Å². The number of rotatable bonds is 10. The maximum atomic E-state index is 13.0. The van der Waals surface area contributed by atoms with Gasteiger partial charge in [-0.25, -0.2) is 0 Å². The van der Waals surface area contributed by atoms with Crippen LogP contribution in [-0.4, -0.2) is 46.6 Å². The van der Waals surface area contributed by atoms with Crippen LogP contribution in [0.1, 0.15) is 17.5 Å². The van der Waals surface area contributed by atoms with Gasteiger partial charge in [-0.15, -0.1) is 6.58 Å². The van der Waals surface area contributed by atoms with Gasteiger partial charge in [-0.3, -0.25) is 13.9 Å². The van der Waals surface area contributed by atoms with E-state index in [4.69, 9.17) is 10.00 Å². The van der Waals surface area contributed by atoms with Crippen molar-refractivity contribution in [2.75, 3.05) is 42.3 Å². The van der Waals surface area contributed by atoms with Gasteiger partial charge in [0.25, 0.3) is 0 Å². The molecule has 1 aliphatic rings. The van der Waals surface area contributed by atoms with Crippen molar-refractivity contribution in [1.82, 2.24) is 4.90 Å². The van der Waals surface area contributed by atoms with Crippen LogP contribution in [0.3, 0.4) is 0 Å². The molecule has 0 aromatic heterocycles. The second-order valence-corrected chi connectivity index (χ2v) is 9.15. The summed E-state index contributed by atoms with van der Waals surface area (Å²) in [5, 5.41) is 8.90. The molecule has 0 unspecified atom stereocenters. The molecule has 0 amide bonds. The van der Waals surface area contributed by atoms with Gasteiger partial charge < -0.3 is 4.74 Å². The predicted molar refractivity (Wildman–Crippen MR) is 128 cm³/mol. The van der Waals surface area contributed by atoms with Gasteiger partial charge in [0.05, 0.1) is 23.0 Å².